The molecule has 1 heterocycles. The van der Waals surface area contributed by atoms with Crippen LogP contribution in [0.4, 0.5) is 10.1 Å². The fraction of sp³-hybridized carbons (Fsp3) is 0.259. The molecule has 0 radical (unpaired) electrons. The van der Waals surface area contributed by atoms with E-state index < -0.39 is 11.5 Å². The molecule has 0 bridgehead atoms. The van der Waals surface area contributed by atoms with Gasteiger partial charge in [0.2, 0.25) is 11.8 Å². The smallest absolute Gasteiger partial charge is 0.244 e. The van der Waals surface area contributed by atoms with Crippen LogP contribution in [0.25, 0.3) is 0 Å². The van der Waals surface area contributed by atoms with Crippen LogP contribution in [-0.2, 0) is 15.0 Å². The van der Waals surface area contributed by atoms with Crippen molar-refractivity contribution in [1.29, 1.82) is 0 Å². The number of hydrogen-bond acceptors (Lipinski definition) is 2. The lowest BCUT2D eigenvalue weighted by molar-refractivity contribution is -0.141. The molecule has 0 aromatic heterocycles. The first-order valence-electron chi connectivity index (χ1n) is 11.3. The minimum Gasteiger partial charge on any atom is -0.324 e. The van der Waals surface area contributed by atoms with Crippen molar-refractivity contribution in [3.05, 3.63) is 98.7 Å². The average molecular weight is 542 g/mol. The summed E-state index contributed by atoms with van der Waals surface area (Å²) in [7, 11) is 0. The van der Waals surface area contributed by atoms with Crippen molar-refractivity contribution in [3.8, 4) is 0 Å². The molecule has 1 unspecified atom stereocenters. The first kappa shape index (κ1) is 23.1. The molecule has 7 heteroatoms. The quantitative estimate of drug-likeness (QED) is 0.405. The summed E-state index contributed by atoms with van der Waals surface area (Å²) in [4.78, 5) is 29.1. The van der Waals surface area contributed by atoms with Crippen LogP contribution in [0.1, 0.15) is 48.4 Å². The van der Waals surface area contributed by atoms with Gasteiger partial charge in [-0.05, 0) is 66.4 Å². The average Bonchev–Trinajstić information content (AvgIpc) is 3.27. The van der Waals surface area contributed by atoms with Crippen molar-refractivity contribution in [1.82, 2.24) is 4.90 Å². The third kappa shape index (κ3) is 4.14. The Bertz CT molecular complexity index is 1240. The zero-order chi connectivity index (χ0) is 23.9. The number of amides is 2. The summed E-state index contributed by atoms with van der Waals surface area (Å²) in [6.45, 7) is -0.0947. The summed E-state index contributed by atoms with van der Waals surface area (Å²) >= 11 is 9.67. The van der Waals surface area contributed by atoms with Gasteiger partial charge in [-0.1, -0.05) is 64.6 Å². The molecule has 3 aromatic carbocycles. The predicted octanol–water partition coefficient (Wildman–Crippen LogP) is 6.62. The number of nitrogens with one attached hydrogen (secondary N) is 1. The van der Waals surface area contributed by atoms with E-state index in [2.05, 4.69) is 21.2 Å². The first-order valence-corrected chi connectivity index (χ1v) is 12.5. The maximum atomic E-state index is 14.5. The number of nitrogens with zero attached hydrogens (tertiary/aromatic N) is 1. The predicted molar refractivity (Wildman–Crippen MR) is 134 cm³/mol. The third-order valence-electron chi connectivity index (χ3n) is 6.92. The molecule has 1 atom stereocenters. The van der Waals surface area contributed by atoms with Gasteiger partial charge in [-0.2, -0.15) is 0 Å². The Labute approximate surface area is 211 Å². The molecule has 1 fully saturated rings. The lowest BCUT2D eigenvalue weighted by atomic mass is 9.76. The molecule has 2 amide bonds. The standard InChI is InChI=1S/C27H23BrClFN2O2/c28-19-7-12-23-22(15-19)25(17-3-10-21(30)11-4-17)32(16-24(33)31-23)26(34)27(13-1-2-14-27)18-5-8-20(29)9-6-18/h3-12,15,25H,1-2,13-14,16H2,(H,31,33). The molecule has 0 saturated heterocycles. The van der Waals surface area contributed by atoms with Gasteiger partial charge in [0, 0.05) is 20.7 Å². The van der Waals surface area contributed by atoms with Crippen molar-refractivity contribution in [2.75, 3.05) is 11.9 Å². The number of fused-ring (bicyclic) bond motifs is 1. The van der Waals surface area contributed by atoms with E-state index in [0.717, 1.165) is 34.0 Å². The number of halogens is 3. The fourth-order valence-corrected chi connectivity index (χ4v) is 5.82. The Morgan fingerprint density at radius 3 is 2.38 bits per heavy atom. The summed E-state index contributed by atoms with van der Waals surface area (Å²) in [6, 6.07) is 18.6. The molecule has 5 rings (SSSR count). The van der Waals surface area contributed by atoms with Crippen LogP contribution in [0, 0.1) is 5.82 Å². The zero-order valence-electron chi connectivity index (χ0n) is 18.4. The molecule has 4 nitrogen and oxygen atoms in total. The van der Waals surface area contributed by atoms with Crippen LogP contribution >= 0.6 is 27.5 Å². The monoisotopic (exact) mass is 540 g/mol. The second kappa shape index (κ2) is 9.16. The third-order valence-corrected chi connectivity index (χ3v) is 7.66. The Balaban J connectivity index is 1.68. The Morgan fingerprint density at radius 1 is 1.03 bits per heavy atom. The Morgan fingerprint density at radius 2 is 1.71 bits per heavy atom. The SMILES string of the molecule is O=C1CN(C(=O)C2(c3ccc(Cl)cc3)CCCC2)C(c2ccc(F)cc2)c2cc(Br)ccc2N1. The van der Waals surface area contributed by atoms with E-state index in [1.54, 1.807) is 17.0 Å². The van der Waals surface area contributed by atoms with Gasteiger partial charge in [0.05, 0.1) is 11.5 Å². The van der Waals surface area contributed by atoms with Gasteiger partial charge in [-0.25, -0.2) is 4.39 Å². The minimum absolute atomic E-state index is 0.0929. The zero-order valence-corrected chi connectivity index (χ0v) is 20.7. The summed E-state index contributed by atoms with van der Waals surface area (Å²) in [5.41, 5.74) is 2.35. The molecular formula is C27H23BrClFN2O2. The number of benzene rings is 3. The fourth-order valence-electron chi connectivity index (χ4n) is 5.32. The molecule has 2 aliphatic rings. The molecule has 174 valence electrons. The lowest BCUT2D eigenvalue weighted by Gasteiger charge is -2.38. The van der Waals surface area contributed by atoms with Crippen molar-refractivity contribution in [3.63, 3.8) is 0 Å². The Hall–Kier alpha value is -2.70. The van der Waals surface area contributed by atoms with Gasteiger partial charge in [0.15, 0.2) is 0 Å². The van der Waals surface area contributed by atoms with Crippen molar-refractivity contribution >= 4 is 45.0 Å². The van der Waals surface area contributed by atoms with E-state index in [1.165, 1.54) is 12.1 Å². The van der Waals surface area contributed by atoms with Crippen molar-refractivity contribution in [2.45, 2.75) is 37.1 Å². The van der Waals surface area contributed by atoms with Gasteiger partial charge in [-0.15, -0.1) is 0 Å². The molecule has 1 N–H and O–H groups in total. The second-order valence-electron chi connectivity index (χ2n) is 8.96. The molecule has 1 aliphatic carbocycles. The number of carbonyl (C=O) groups excluding carboxylic acids is 2. The highest BCUT2D eigenvalue weighted by Gasteiger charge is 2.48. The van der Waals surface area contributed by atoms with E-state index in [1.807, 2.05) is 42.5 Å². The van der Waals surface area contributed by atoms with Crippen molar-refractivity contribution in [2.24, 2.45) is 0 Å². The number of carbonyl (C=O) groups is 2. The highest BCUT2D eigenvalue weighted by molar-refractivity contribution is 9.10. The molecule has 0 spiro atoms. The van der Waals surface area contributed by atoms with Gasteiger partial charge >= 0.3 is 0 Å². The van der Waals surface area contributed by atoms with E-state index in [0.29, 0.717) is 23.6 Å². The molecule has 3 aromatic rings. The highest BCUT2D eigenvalue weighted by Crippen LogP contribution is 2.46. The lowest BCUT2D eigenvalue weighted by Crippen LogP contribution is -2.49. The summed E-state index contributed by atoms with van der Waals surface area (Å²) < 4.78 is 14.6. The molecule has 34 heavy (non-hydrogen) atoms. The summed E-state index contributed by atoms with van der Waals surface area (Å²) in [5.74, 6) is -0.706. The van der Waals surface area contributed by atoms with Crippen molar-refractivity contribution < 1.29 is 14.0 Å². The van der Waals surface area contributed by atoms with Crippen LogP contribution in [0.2, 0.25) is 5.02 Å². The van der Waals surface area contributed by atoms with Crippen LogP contribution < -0.4 is 5.32 Å². The normalized spacial score (nSPS) is 19.3. The Kier molecular flexibility index (Phi) is 6.21. The van der Waals surface area contributed by atoms with Crippen LogP contribution in [0.15, 0.2) is 71.2 Å². The molecule has 1 aliphatic heterocycles. The maximum Gasteiger partial charge on any atom is 0.244 e. The van der Waals surface area contributed by atoms with E-state index >= 15 is 0 Å². The van der Waals surface area contributed by atoms with E-state index in [9.17, 15) is 14.0 Å². The maximum absolute atomic E-state index is 14.5. The molecular weight excluding hydrogens is 519 g/mol. The topological polar surface area (TPSA) is 49.4 Å². The highest BCUT2D eigenvalue weighted by atomic mass is 79.9. The van der Waals surface area contributed by atoms with Gasteiger partial charge in [-0.3, -0.25) is 9.59 Å². The van der Waals surface area contributed by atoms with Crippen LogP contribution in [0.3, 0.4) is 0 Å². The molecule has 1 saturated carbocycles. The number of anilines is 1. The largest absolute Gasteiger partial charge is 0.324 e. The number of hydrogen-bond donors (Lipinski definition) is 1. The number of rotatable bonds is 3. The van der Waals surface area contributed by atoms with E-state index in [4.69, 9.17) is 11.6 Å². The van der Waals surface area contributed by atoms with E-state index in [-0.39, 0.29) is 24.2 Å². The first-order chi connectivity index (χ1) is 16.4. The van der Waals surface area contributed by atoms with Gasteiger partial charge in [0.25, 0.3) is 0 Å². The summed E-state index contributed by atoms with van der Waals surface area (Å²) in [5, 5.41) is 3.56. The van der Waals surface area contributed by atoms with Gasteiger partial charge in [0.1, 0.15) is 12.4 Å². The minimum atomic E-state index is -0.736. The second-order valence-corrected chi connectivity index (χ2v) is 10.3. The van der Waals surface area contributed by atoms with Crippen LogP contribution in [0.5, 0.6) is 0 Å². The van der Waals surface area contributed by atoms with Gasteiger partial charge < -0.3 is 10.2 Å². The summed E-state index contributed by atoms with van der Waals surface area (Å²) in [6.07, 6.45) is 3.26. The van der Waals surface area contributed by atoms with Crippen LogP contribution in [-0.4, -0.2) is 23.3 Å².